The Labute approximate surface area is 127 Å². The van der Waals surface area contributed by atoms with Crippen LogP contribution in [0.1, 0.15) is 55.3 Å². The van der Waals surface area contributed by atoms with Gasteiger partial charge in [-0.2, -0.15) is 0 Å². The average Bonchev–Trinajstić information content (AvgIpc) is 2.81. The van der Waals surface area contributed by atoms with E-state index in [2.05, 4.69) is 31.3 Å². The molecule has 1 fully saturated rings. The maximum absolute atomic E-state index is 12.3. The van der Waals surface area contributed by atoms with Crippen LogP contribution < -0.4 is 11.1 Å². The monoisotopic (exact) mass is 296 g/mol. The van der Waals surface area contributed by atoms with Crippen LogP contribution in [0.25, 0.3) is 0 Å². The van der Waals surface area contributed by atoms with Crippen LogP contribution in [0.15, 0.2) is 18.2 Å². The molecule has 112 valence electrons. The Morgan fingerprint density at radius 1 is 1.30 bits per heavy atom. The number of carbonyl (C=O) groups excluding carboxylic acids is 1. The molecule has 0 spiro atoms. The minimum Gasteiger partial charge on any atom is -0.348 e. The van der Waals surface area contributed by atoms with Gasteiger partial charge in [0.25, 0.3) is 0 Å². The van der Waals surface area contributed by atoms with Gasteiger partial charge < -0.3 is 11.1 Å². The maximum Gasteiger partial charge on any atom is 0.240 e. The van der Waals surface area contributed by atoms with E-state index in [1.807, 2.05) is 13.0 Å². The number of hydrogen-bond donors (Lipinski definition) is 2. The molecule has 2 rings (SSSR count). The largest absolute Gasteiger partial charge is 0.348 e. The van der Waals surface area contributed by atoms with Crippen molar-refractivity contribution in [3.8, 4) is 0 Å². The highest BCUT2D eigenvalue weighted by molar-refractivity contribution is 5.86. The molecule has 1 aromatic carbocycles. The Morgan fingerprint density at radius 3 is 2.50 bits per heavy atom. The molecule has 0 heterocycles. The highest BCUT2D eigenvalue weighted by Gasteiger charge is 2.37. The van der Waals surface area contributed by atoms with Crippen LogP contribution in [0.5, 0.6) is 0 Å². The molecule has 3 nitrogen and oxygen atoms in total. The highest BCUT2D eigenvalue weighted by Crippen LogP contribution is 2.28. The van der Waals surface area contributed by atoms with Crippen molar-refractivity contribution in [2.24, 2.45) is 5.73 Å². The first-order chi connectivity index (χ1) is 8.94. The molecule has 0 radical (unpaired) electrons. The van der Waals surface area contributed by atoms with Gasteiger partial charge in [-0.25, -0.2) is 0 Å². The van der Waals surface area contributed by atoms with Crippen LogP contribution in [0.3, 0.4) is 0 Å². The van der Waals surface area contributed by atoms with Crippen molar-refractivity contribution >= 4 is 18.3 Å². The molecule has 3 N–H and O–H groups in total. The summed E-state index contributed by atoms with van der Waals surface area (Å²) < 4.78 is 0. The van der Waals surface area contributed by atoms with Crippen LogP contribution in [0, 0.1) is 13.8 Å². The summed E-state index contributed by atoms with van der Waals surface area (Å²) in [5, 5.41) is 3.08. The number of halogens is 1. The molecule has 0 saturated heterocycles. The van der Waals surface area contributed by atoms with E-state index in [1.54, 1.807) is 0 Å². The summed E-state index contributed by atoms with van der Waals surface area (Å²) in [5.41, 5.74) is 9.21. The zero-order valence-electron chi connectivity index (χ0n) is 12.5. The molecule has 1 atom stereocenters. The SMILES string of the molecule is Cc1cccc(C(C)NC(=O)C2(N)CCCC2)c1C.Cl. The Bertz CT molecular complexity index is 481. The maximum atomic E-state index is 12.3. The van der Waals surface area contributed by atoms with E-state index in [1.165, 1.54) is 16.7 Å². The standard InChI is InChI=1S/C16H24N2O.ClH/c1-11-7-6-8-14(12(11)2)13(3)18-15(19)16(17)9-4-5-10-16;/h6-8,13H,4-5,9-10,17H2,1-3H3,(H,18,19);1H. The second-order valence-corrected chi connectivity index (χ2v) is 5.85. The number of hydrogen-bond acceptors (Lipinski definition) is 2. The predicted molar refractivity (Wildman–Crippen MR) is 85.1 cm³/mol. The summed E-state index contributed by atoms with van der Waals surface area (Å²) in [7, 11) is 0. The van der Waals surface area contributed by atoms with Crippen LogP contribution in [-0.4, -0.2) is 11.4 Å². The summed E-state index contributed by atoms with van der Waals surface area (Å²) in [6.45, 7) is 6.22. The van der Waals surface area contributed by atoms with Crippen LogP contribution in [-0.2, 0) is 4.79 Å². The third-order valence-corrected chi connectivity index (χ3v) is 4.41. The first-order valence-corrected chi connectivity index (χ1v) is 7.10. The summed E-state index contributed by atoms with van der Waals surface area (Å²) in [5.74, 6) is -0.00148. The molecule has 4 heteroatoms. The van der Waals surface area contributed by atoms with Gasteiger partial charge in [-0.05, 0) is 50.3 Å². The zero-order valence-corrected chi connectivity index (χ0v) is 13.3. The molecular weight excluding hydrogens is 272 g/mol. The smallest absolute Gasteiger partial charge is 0.240 e. The molecule has 0 aliphatic heterocycles. The second kappa shape index (κ2) is 6.59. The first kappa shape index (κ1) is 17.0. The lowest BCUT2D eigenvalue weighted by atomic mass is 9.95. The number of nitrogens with two attached hydrogens (primary N) is 1. The summed E-state index contributed by atoms with van der Waals surface area (Å²) in [4.78, 5) is 12.3. The van der Waals surface area contributed by atoms with Gasteiger partial charge in [-0.15, -0.1) is 12.4 Å². The predicted octanol–water partition coefficient (Wildman–Crippen LogP) is 3.17. The van der Waals surface area contributed by atoms with Gasteiger partial charge in [0.1, 0.15) is 0 Å². The van der Waals surface area contributed by atoms with Crippen LogP contribution >= 0.6 is 12.4 Å². The number of aryl methyl sites for hydroxylation is 1. The Balaban J connectivity index is 0.00000200. The fraction of sp³-hybridized carbons (Fsp3) is 0.562. The number of rotatable bonds is 3. The van der Waals surface area contributed by atoms with Gasteiger partial charge in [-0.3, -0.25) is 4.79 Å². The second-order valence-electron chi connectivity index (χ2n) is 5.85. The van der Waals surface area contributed by atoms with Gasteiger partial charge >= 0.3 is 0 Å². The minimum absolute atomic E-state index is 0. The number of nitrogens with one attached hydrogen (secondary N) is 1. The van der Waals surface area contributed by atoms with Crippen LogP contribution in [0.2, 0.25) is 0 Å². The molecule has 1 aliphatic rings. The fourth-order valence-electron chi connectivity index (χ4n) is 2.89. The van der Waals surface area contributed by atoms with Crippen LogP contribution in [0.4, 0.5) is 0 Å². The third-order valence-electron chi connectivity index (χ3n) is 4.41. The van der Waals surface area contributed by atoms with Crippen molar-refractivity contribution in [3.63, 3.8) is 0 Å². The number of benzene rings is 1. The fourth-order valence-corrected chi connectivity index (χ4v) is 2.89. The highest BCUT2D eigenvalue weighted by atomic mass is 35.5. The molecule has 1 aliphatic carbocycles. The van der Waals surface area contributed by atoms with E-state index in [0.717, 1.165) is 25.7 Å². The molecule has 1 aromatic rings. The molecule has 1 saturated carbocycles. The van der Waals surface area contributed by atoms with Crippen molar-refractivity contribution in [2.75, 3.05) is 0 Å². The molecule has 0 bridgehead atoms. The Morgan fingerprint density at radius 2 is 1.90 bits per heavy atom. The van der Waals surface area contributed by atoms with Gasteiger partial charge in [-0.1, -0.05) is 31.0 Å². The zero-order chi connectivity index (χ0) is 14.0. The van der Waals surface area contributed by atoms with E-state index in [4.69, 9.17) is 5.73 Å². The number of carbonyl (C=O) groups is 1. The van der Waals surface area contributed by atoms with E-state index >= 15 is 0 Å². The summed E-state index contributed by atoms with van der Waals surface area (Å²) in [6.07, 6.45) is 3.72. The summed E-state index contributed by atoms with van der Waals surface area (Å²) in [6, 6.07) is 6.21. The summed E-state index contributed by atoms with van der Waals surface area (Å²) >= 11 is 0. The quantitative estimate of drug-likeness (QED) is 0.900. The first-order valence-electron chi connectivity index (χ1n) is 7.10. The van der Waals surface area contributed by atoms with E-state index < -0.39 is 5.54 Å². The van der Waals surface area contributed by atoms with Crippen molar-refractivity contribution in [1.82, 2.24) is 5.32 Å². The van der Waals surface area contributed by atoms with Crippen molar-refractivity contribution in [1.29, 1.82) is 0 Å². The van der Waals surface area contributed by atoms with Gasteiger partial charge in [0, 0.05) is 0 Å². The van der Waals surface area contributed by atoms with E-state index in [0.29, 0.717) is 0 Å². The van der Waals surface area contributed by atoms with Gasteiger partial charge in [0.15, 0.2) is 0 Å². The molecule has 1 unspecified atom stereocenters. The molecule has 1 amide bonds. The number of amides is 1. The van der Waals surface area contributed by atoms with Crippen molar-refractivity contribution < 1.29 is 4.79 Å². The topological polar surface area (TPSA) is 55.1 Å². The lowest BCUT2D eigenvalue weighted by Gasteiger charge is -2.26. The lowest BCUT2D eigenvalue weighted by molar-refractivity contribution is -0.126. The van der Waals surface area contributed by atoms with Crippen molar-refractivity contribution in [3.05, 3.63) is 34.9 Å². The molecular formula is C16H25ClN2O. The molecule has 0 aromatic heterocycles. The molecule has 20 heavy (non-hydrogen) atoms. The van der Waals surface area contributed by atoms with Crippen molar-refractivity contribution in [2.45, 2.75) is 58.0 Å². The van der Waals surface area contributed by atoms with Gasteiger partial charge in [0.2, 0.25) is 5.91 Å². The van der Waals surface area contributed by atoms with E-state index in [9.17, 15) is 4.79 Å². The van der Waals surface area contributed by atoms with E-state index in [-0.39, 0.29) is 24.4 Å². The minimum atomic E-state index is -0.647. The third kappa shape index (κ3) is 3.33. The normalized spacial score (nSPS) is 18.2. The Hall–Kier alpha value is -1.06. The average molecular weight is 297 g/mol. The van der Waals surface area contributed by atoms with Gasteiger partial charge in [0.05, 0.1) is 11.6 Å². The Kier molecular flexibility index (Phi) is 5.60. The lowest BCUT2D eigenvalue weighted by Crippen LogP contribution is -2.52.